The highest BCUT2D eigenvalue weighted by Crippen LogP contribution is 2.30. The average Bonchev–Trinajstić information content (AvgIpc) is 2.91. The van der Waals surface area contributed by atoms with Crippen molar-refractivity contribution in [3.8, 4) is 0 Å². The lowest BCUT2D eigenvalue weighted by atomic mass is 10.2. The van der Waals surface area contributed by atoms with Gasteiger partial charge in [-0.3, -0.25) is 4.79 Å². The van der Waals surface area contributed by atoms with Crippen molar-refractivity contribution >= 4 is 51.3 Å². The van der Waals surface area contributed by atoms with E-state index in [1.165, 1.54) is 27.6 Å². The van der Waals surface area contributed by atoms with Gasteiger partial charge in [0.2, 0.25) is 4.96 Å². The van der Waals surface area contributed by atoms with Gasteiger partial charge in [-0.05, 0) is 24.1 Å². The molecule has 0 aliphatic heterocycles. The minimum Gasteiger partial charge on any atom is -0.265 e. The second kappa shape index (κ2) is 6.54. The van der Waals surface area contributed by atoms with E-state index in [1.807, 2.05) is 13.0 Å². The van der Waals surface area contributed by atoms with Crippen LogP contribution < -0.4 is 5.56 Å². The predicted molar refractivity (Wildman–Crippen MR) is 90.3 cm³/mol. The molecule has 0 saturated carbocycles. The van der Waals surface area contributed by atoms with E-state index in [1.54, 1.807) is 12.1 Å². The highest BCUT2D eigenvalue weighted by Gasteiger charge is 2.12. The molecule has 2 aromatic heterocycles. The average molecular weight is 373 g/mol. The SMILES string of the molecule is CCc1nnc2sc(SCc3ccc(Cl)cc3Cl)nn2c1=O. The van der Waals surface area contributed by atoms with Gasteiger partial charge >= 0.3 is 0 Å². The van der Waals surface area contributed by atoms with Gasteiger partial charge in [0.1, 0.15) is 5.69 Å². The first-order valence-corrected chi connectivity index (χ1v) is 8.96. The molecule has 0 amide bonds. The minimum atomic E-state index is -0.208. The Morgan fingerprint density at radius 1 is 1.32 bits per heavy atom. The van der Waals surface area contributed by atoms with Crippen LogP contribution in [0.5, 0.6) is 0 Å². The fraction of sp³-hybridized carbons (Fsp3) is 0.231. The second-order valence-corrected chi connectivity index (χ2v) is 7.41. The molecule has 0 unspecified atom stereocenters. The van der Waals surface area contributed by atoms with Crippen LogP contribution >= 0.6 is 46.3 Å². The molecule has 3 rings (SSSR count). The molecular formula is C13H10Cl2N4OS2. The van der Waals surface area contributed by atoms with Gasteiger partial charge in [0.15, 0.2) is 4.34 Å². The number of hydrogen-bond acceptors (Lipinski definition) is 6. The largest absolute Gasteiger partial charge is 0.297 e. The van der Waals surface area contributed by atoms with Crippen LogP contribution in [-0.4, -0.2) is 19.8 Å². The van der Waals surface area contributed by atoms with Crippen molar-refractivity contribution in [2.45, 2.75) is 23.4 Å². The van der Waals surface area contributed by atoms with Crippen LogP contribution in [-0.2, 0) is 12.2 Å². The Hall–Kier alpha value is -1.15. The third-order valence-electron chi connectivity index (χ3n) is 2.94. The van der Waals surface area contributed by atoms with Gasteiger partial charge in [0, 0.05) is 15.8 Å². The molecule has 0 bridgehead atoms. The summed E-state index contributed by atoms with van der Waals surface area (Å²) in [5.41, 5.74) is 1.17. The molecule has 0 radical (unpaired) electrons. The van der Waals surface area contributed by atoms with Gasteiger partial charge in [0.25, 0.3) is 5.56 Å². The van der Waals surface area contributed by atoms with Crippen molar-refractivity contribution in [3.63, 3.8) is 0 Å². The molecule has 0 spiro atoms. The van der Waals surface area contributed by atoms with Crippen molar-refractivity contribution in [1.82, 2.24) is 19.8 Å². The third-order valence-corrected chi connectivity index (χ3v) is 5.61. The van der Waals surface area contributed by atoms with Crippen LogP contribution in [0.25, 0.3) is 4.96 Å². The lowest BCUT2D eigenvalue weighted by molar-refractivity contribution is 0.781. The molecule has 1 aromatic carbocycles. The van der Waals surface area contributed by atoms with Gasteiger partial charge in [-0.1, -0.05) is 59.3 Å². The Labute approximate surface area is 144 Å². The van der Waals surface area contributed by atoms with Crippen molar-refractivity contribution in [2.24, 2.45) is 0 Å². The molecule has 0 atom stereocenters. The number of benzene rings is 1. The maximum Gasteiger partial charge on any atom is 0.297 e. The zero-order valence-electron chi connectivity index (χ0n) is 11.4. The van der Waals surface area contributed by atoms with Crippen molar-refractivity contribution in [3.05, 3.63) is 49.9 Å². The molecular weight excluding hydrogens is 363 g/mol. The summed E-state index contributed by atoms with van der Waals surface area (Å²) in [5.74, 6) is 0.638. The van der Waals surface area contributed by atoms with Crippen molar-refractivity contribution < 1.29 is 0 Å². The van der Waals surface area contributed by atoms with Crippen molar-refractivity contribution in [1.29, 1.82) is 0 Å². The fourth-order valence-electron chi connectivity index (χ4n) is 1.79. The molecule has 0 fully saturated rings. The molecule has 9 heteroatoms. The summed E-state index contributed by atoms with van der Waals surface area (Å²) in [6, 6.07) is 5.39. The first-order valence-electron chi connectivity index (χ1n) is 6.40. The van der Waals surface area contributed by atoms with E-state index in [-0.39, 0.29) is 5.56 Å². The topological polar surface area (TPSA) is 60.1 Å². The van der Waals surface area contributed by atoms with E-state index in [0.29, 0.717) is 32.9 Å². The van der Waals surface area contributed by atoms with Crippen LogP contribution in [0.2, 0.25) is 10.0 Å². The monoisotopic (exact) mass is 372 g/mol. The van der Waals surface area contributed by atoms with Gasteiger partial charge in [-0.25, -0.2) is 0 Å². The molecule has 114 valence electrons. The molecule has 2 heterocycles. The Balaban J connectivity index is 1.85. The molecule has 0 saturated heterocycles. The number of nitrogens with zero attached hydrogens (tertiary/aromatic N) is 4. The minimum absolute atomic E-state index is 0.208. The fourth-order valence-corrected chi connectivity index (χ4v) is 4.22. The molecule has 22 heavy (non-hydrogen) atoms. The third kappa shape index (κ3) is 3.12. The number of thioether (sulfide) groups is 1. The summed E-state index contributed by atoms with van der Waals surface area (Å²) in [6.45, 7) is 1.86. The normalized spacial score (nSPS) is 11.2. The summed E-state index contributed by atoms with van der Waals surface area (Å²) in [5, 5.41) is 13.5. The van der Waals surface area contributed by atoms with Crippen LogP contribution in [0.1, 0.15) is 18.2 Å². The van der Waals surface area contributed by atoms with Crippen LogP contribution in [0.4, 0.5) is 0 Å². The molecule has 3 aromatic rings. The van der Waals surface area contributed by atoms with E-state index in [4.69, 9.17) is 23.2 Å². The van der Waals surface area contributed by atoms with Crippen molar-refractivity contribution in [2.75, 3.05) is 0 Å². The van der Waals surface area contributed by atoms with Gasteiger partial charge in [-0.15, -0.1) is 15.3 Å². The second-order valence-electron chi connectivity index (χ2n) is 4.39. The Morgan fingerprint density at radius 2 is 2.14 bits per heavy atom. The maximum atomic E-state index is 12.1. The lowest BCUT2D eigenvalue weighted by Crippen LogP contribution is -2.21. The van der Waals surface area contributed by atoms with E-state index in [2.05, 4.69) is 15.3 Å². The maximum absolute atomic E-state index is 12.1. The van der Waals surface area contributed by atoms with Gasteiger partial charge in [-0.2, -0.15) is 4.52 Å². The van der Waals surface area contributed by atoms with E-state index < -0.39 is 0 Å². The number of aromatic nitrogens is 4. The van der Waals surface area contributed by atoms with E-state index >= 15 is 0 Å². The predicted octanol–water partition coefficient (Wildman–Crippen LogP) is 3.71. The smallest absolute Gasteiger partial charge is 0.265 e. The highest BCUT2D eigenvalue weighted by atomic mass is 35.5. The molecule has 0 N–H and O–H groups in total. The number of hydrogen-bond donors (Lipinski definition) is 0. The van der Waals surface area contributed by atoms with Gasteiger partial charge in [0.05, 0.1) is 0 Å². The summed E-state index contributed by atoms with van der Waals surface area (Å²) in [6.07, 6.45) is 0.537. The Bertz CT molecular complexity index is 893. The standard InChI is InChI=1S/C13H10Cl2N4OS2/c1-2-10-11(20)19-12(17-16-10)22-13(18-19)21-6-7-3-4-8(14)5-9(7)15/h3-5H,2,6H2,1H3. The zero-order valence-corrected chi connectivity index (χ0v) is 14.6. The van der Waals surface area contributed by atoms with Gasteiger partial charge < -0.3 is 0 Å². The number of fused-ring (bicyclic) bond motifs is 1. The number of rotatable bonds is 4. The Kier molecular flexibility index (Phi) is 4.67. The van der Waals surface area contributed by atoms with E-state index in [9.17, 15) is 4.79 Å². The summed E-state index contributed by atoms with van der Waals surface area (Å²) in [4.78, 5) is 12.6. The first-order chi connectivity index (χ1) is 10.6. The molecule has 0 aliphatic rings. The molecule has 0 aliphatic carbocycles. The highest BCUT2D eigenvalue weighted by molar-refractivity contribution is 8.00. The number of aryl methyl sites for hydroxylation is 1. The summed E-state index contributed by atoms with van der Waals surface area (Å²) >= 11 is 14.9. The van der Waals surface area contributed by atoms with Crippen LogP contribution in [0.15, 0.2) is 27.3 Å². The van der Waals surface area contributed by atoms with E-state index in [0.717, 1.165) is 9.90 Å². The molecule has 5 nitrogen and oxygen atoms in total. The number of halogens is 2. The quantitative estimate of drug-likeness (QED) is 0.653. The summed E-state index contributed by atoms with van der Waals surface area (Å²) < 4.78 is 2.05. The Morgan fingerprint density at radius 3 is 2.86 bits per heavy atom. The lowest BCUT2D eigenvalue weighted by Gasteiger charge is -2.02. The first kappa shape index (κ1) is 15.7. The van der Waals surface area contributed by atoms with Crippen LogP contribution in [0, 0.1) is 0 Å². The zero-order chi connectivity index (χ0) is 15.7. The summed E-state index contributed by atoms with van der Waals surface area (Å²) in [7, 11) is 0. The van der Waals surface area contributed by atoms with Crippen LogP contribution in [0.3, 0.4) is 0 Å².